The van der Waals surface area contributed by atoms with Crippen molar-refractivity contribution in [1.29, 1.82) is 0 Å². The van der Waals surface area contributed by atoms with Gasteiger partial charge in [-0.1, -0.05) is 104 Å². The molecule has 3 aromatic carbocycles. The minimum Gasteiger partial charge on any atom is -0.473 e. The highest BCUT2D eigenvalue weighted by Crippen LogP contribution is 2.03. The first-order chi connectivity index (χ1) is 12.4. The van der Waals surface area contributed by atoms with Gasteiger partial charge in [0.15, 0.2) is 0 Å². The van der Waals surface area contributed by atoms with E-state index in [1.807, 2.05) is 109 Å². The van der Waals surface area contributed by atoms with Crippen molar-refractivity contribution in [3.05, 3.63) is 127 Å². The first-order valence-corrected chi connectivity index (χ1v) is 8.14. The third-order valence-corrected chi connectivity index (χ3v) is 3.31. The highest BCUT2D eigenvalue weighted by molar-refractivity contribution is 5.49. The smallest absolute Gasteiger partial charge is 0.0907 e. The van der Waals surface area contributed by atoms with Crippen LogP contribution in [-0.2, 0) is 4.74 Å². The van der Waals surface area contributed by atoms with Gasteiger partial charge in [-0.25, -0.2) is 0 Å². The highest BCUT2D eigenvalue weighted by Gasteiger charge is 1.83. The molecule has 0 heterocycles. The maximum Gasteiger partial charge on any atom is 0.0907 e. The first kappa shape index (κ1) is 18.0. The fourth-order valence-electron chi connectivity index (χ4n) is 2.00. The monoisotopic (exact) mass is 326 g/mol. The summed E-state index contributed by atoms with van der Waals surface area (Å²) in [7, 11) is 0. The lowest BCUT2D eigenvalue weighted by Gasteiger charge is -1.93. The molecule has 124 valence electrons. The molecule has 0 saturated carbocycles. The van der Waals surface area contributed by atoms with Crippen LogP contribution in [0, 0.1) is 0 Å². The minimum absolute atomic E-state index is 1.13. The zero-order chi connectivity index (χ0) is 17.6. The maximum atomic E-state index is 5.28. The van der Waals surface area contributed by atoms with E-state index in [0.29, 0.717) is 0 Å². The Morgan fingerprint density at radius 2 is 0.880 bits per heavy atom. The van der Waals surface area contributed by atoms with Crippen LogP contribution in [0.25, 0.3) is 18.2 Å². The first-order valence-electron chi connectivity index (χ1n) is 8.14. The Balaban J connectivity index is 0.000000236. The van der Waals surface area contributed by atoms with Gasteiger partial charge < -0.3 is 4.74 Å². The SMILES string of the molecule is C(=Cc1ccccc1)OC=Cc1ccccc1.C=Cc1ccccc1. The van der Waals surface area contributed by atoms with Gasteiger partial charge in [0.05, 0.1) is 12.5 Å². The van der Waals surface area contributed by atoms with Crippen LogP contribution in [0.4, 0.5) is 0 Å². The van der Waals surface area contributed by atoms with Crippen molar-refractivity contribution in [1.82, 2.24) is 0 Å². The molecule has 0 atom stereocenters. The van der Waals surface area contributed by atoms with E-state index in [1.54, 1.807) is 12.5 Å². The fourth-order valence-corrected chi connectivity index (χ4v) is 2.00. The Bertz CT molecular complexity index is 725. The molecule has 0 amide bonds. The summed E-state index contributed by atoms with van der Waals surface area (Å²) < 4.78 is 5.28. The van der Waals surface area contributed by atoms with Crippen LogP contribution < -0.4 is 0 Å². The van der Waals surface area contributed by atoms with E-state index in [2.05, 4.69) is 6.58 Å². The van der Waals surface area contributed by atoms with Crippen LogP contribution in [0.5, 0.6) is 0 Å². The Morgan fingerprint density at radius 1 is 0.520 bits per heavy atom. The standard InChI is InChI=1S/C16H14O.C8H8/c1-3-7-15(8-4-1)11-13-17-14-12-16-9-5-2-6-10-16;1-2-8-6-4-3-5-7-8/h1-14H;2-7H,1H2. The third-order valence-electron chi connectivity index (χ3n) is 3.31. The summed E-state index contributed by atoms with van der Waals surface area (Å²) in [4.78, 5) is 0. The summed E-state index contributed by atoms with van der Waals surface area (Å²) in [6.45, 7) is 3.63. The second-order valence-electron chi connectivity index (χ2n) is 5.18. The quantitative estimate of drug-likeness (QED) is 0.475. The van der Waals surface area contributed by atoms with Crippen LogP contribution in [0.1, 0.15) is 16.7 Å². The Kier molecular flexibility index (Phi) is 8.11. The molecule has 0 aromatic heterocycles. The van der Waals surface area contributed by atoms with Crippen LogP contribution in [0.2, 0.25) is 0 Å². The summed E-state index contributed by atoms with van der Waals surface area (Å²) in [5, 5.41) is 0. The number of rotatable bonds is 5. The van der Waals surface area contributed by atoms with E-state index in [9.17, 15) is 0 Å². The minimum atomic E-state index is 1.13. The number of benzene rings is 3. The molecule has 0 fully saturated rings. The third kappa shape index (κ3) is 7.67. The summed E-state index contributed by atoms with van der Waals surface area (Å²) in [5.41, 5.74) is 3.42. The van der Waals surface area contributed by atoms with Gasteiger partial charge in [-0.15, -0.1) is 0 Å². The Labute approximate surface area is 150 Å². The van der Waals surface area contributed by atoms with Crippen molar-refractivity contribution in [2.75, 3.05) is 0 Å². The van der Waals surface area contributed by atoms with E-state index in [1.165, 1.54) is 5.56 Å². The predicted octanol–water partition coefficient (Wildman–Crippen LogP) is 6.67. The molecule has 0 aliphatic carbocycles. The van der Waals surface area contributed by atoms with Gasteiger partial charge in [0.25, 0.3) is 0 Å². The van der Waals surface area contributed by atoms with Gasteiger partial charge >= 0.3 is 0 Å². The van der Waals surface area contributed by atoms with E-state index in [0.717, 1.165) is 11.1 Å². The highest BCUT2D eigenvalue weighted by atomic mass is 16.5. The van der Waals surface area contributed by atoms with Crippen molar-refractivity contribution in [2.45, 2.75) is 0 Å². The van der Waals surface area contributed by atoms with Crippen molar-refractivity contribution < 1.29 is 4.74 Å². The largest absolute Gasteiger partial charge is 0.473 e. The molecule has 0 aliphatic heterocycles. The number of ether oxygens (including phenoxy) is 1. The molecule has 3 rings (SSSR count). The number of hydrogen-bond acceptors (Lipinski definition) is 1. The van der Waals surface area contributed by atoms with Gasteiger partial charge in [0.1, 0.15) is 0 Å². The van der Waals surface area contributed by atoms with Gasteiger partial charge in [-0.3, -0.25) is 0 Å². The molecule has 3 aromatic rings. The second-order valence-corrected chi connectivity index (χ2v) is 5.18. The van der Waals surface area contributed by atoms with Crippen LogP contribution in [0.3, 0.4) is 0 Å². The summed E-state index contributed by atoms with van der Waals surface area (Å²) in [6.07, 6.45) is 9.04. The topological polar surface area (TPSA) is 9.23 Å². The van der Waals surface area contributed by atoms with E-state index in [4.69, 9.17) is 4.74 Å². The lowest BCUT2D eigenvalue weighted by atomic mass is 10.2. The summed E-state index contributed by atoms with van der Waals surface area (Å²) >= 11 is 0. The van der Waals surface area contributed by atoms with Gasteiger partial charge in [-0.05, 0) is 28.8 Å². The molecule has 1 nitrogen and oxygen atoms in total. The van der Waals surface area contributed by atoms with Crippen LogP contribution >= 0.6 is 0 Å². The molecule has 0 unspecified atom stereocenters. The average molecular weight is 326 g/mol. The zero-order valence-electron chi connectivity index (χ0n) is 14.2. The van der Waals surface area contributed by atoms with Gasteiger partial charge in [-0.2, -0.15) is 0 Å². The lowest BCUT2D eigenvalue weighted by molar-refractivity contribution is 0.410. The molecular weight excluding hydrogens is 304 g/mol. The average Bonchev–Trinajstić information content (AvgIpc) is 2.70. The molecule has 25 heavy (non-hydrogen) atoms. The molecular formula is C24H22O. The molecule has 0 spiro atoms. The van der Waals surface area contributed by atoms with Crippen molar-refractivity contribution in [3.63, 3.8) is 0 Å². The molecule has 0 N–H and O–H groups in total. The van der Waals surface area contributed by atoms with Crippen molar-refractivity contribution in [2.24, 2.45) is 0 Å². The normalized spacial score (nSPS) is 10.2. The predicted molar refractivity (Wildman–Crippen MR) is 109 cm³/mol. The van der Waals surface area contributed by atoms with Gasteiger partial charge in [0.2, 0.25) is 0 Å². The van der Waals surface area contributed by atoms with E-state index >= 15 is 0 Å². The molecule has 0 radical (unpaired) electrons. The van der Waals surface area contributed by atoms with Crippen molar-refractivity contribution in [3.8, 4) is 0 Å². The maximum absolute atomic E-state index is 5.28. The summed E-state index contributed by atoms with van der Waals surface area (Å²) in [6, 6.07) is 30.1. The van der Waals surface area contributed by atoms with Crippen LogP contribution in [0.15, 0.2) is 110 Å². The van der Waals surface area contributed by atoms with Gasteiger partial charge in [0, 0.05) is 0 Å². The fraction of sp³-hybridized carbons (Fsp3) is 0. The molecule has 0 aliphatic rings. The van der Waals surface area contributed by atoms with E-state index < -0.39 is 0 Å². The number of hydrogen-bond donors (Lipinski definition) is 0. The lowest BCUT2D eigenvalue weighted by Crippen LogP contribution is -1.71. The molecule has 0 bridgehead atoms. The van der Waals surface area contributed by atoms with Crippen LogP contribution in [-0.4, -0.2) is 0 Å². The Morgan fingerprint density at radius 3 is 1.20 bits per heavy atom. The Hall–Kier alpha value is -3.32. The van der Waals surface area contributed by atoms with E-state index in [-0.39, 0.29) is 0 Å². The van der Waals surface area contributed by atoms with Crippen molar-refractivity contribution >= 4 is 18.2 Å². The molecule has 1 heteroatoms. The second kappa shape index (κ2) is 11.3. The zero-order valence-corrected chi connectivity index (χ0v) is 14.2. The molecule has 0 saturated heterocycles. The summed E-state index contributed by atoms with van der Waals surface area (Å²) in [5.74, 6) is 0.